The fraction of sp³-hybridized carbons (Fsp3) is 0.481. The quantitative estimate of drug-likeness (QED) is 0.394. The van der Waals surface area contributed by atoms with Crippen molar-refractivity contribution in [2.75, 3.05) is 39.5 Å². The van der Waals surface area contributed by atoms with Gasteiger partial charge in [-0.05, 0) is 54.1 Å². The summed E-state index contributed by atoms with van der Waals surface area (Å²) in [6, 6.07) is 15.1. The molecule has 0 radical (unpaired) electrons. The molecule has 3 rings (SSSR count). The van der Waals surface area contributed by atoms with Crippen LogP contribution in [0.5, 0.6) is 0 Å². The minimum Gasteiger partial charge on any atom is -0.395 e. The molecule has 0 saturated heterocycles. The molecule has 3 N–H and O–H groups in total. The first-order valence-corrected chi connectivity index (χ1v) is 11.6. The third-order valence-electron chi connectivity index (χ3n) is 6.10. The SMILES string of the molecule is OCC1=CC=CC(CO)(CNCCCCCCOCCc2ccc3ccccc3c2)C1. The Bertz CT molecular complexity index is 860. The summed E-state index contributed by atoms with van der Waals surface area (Å²) in [5.41, 5.74) is 2.05. The van der Waals surface area contributed by atoms with Gasteiger partial charge in [0, 0.05) is 18.6 Å². The van der Waals surface area contributed by atoms with E-state index in [2.05, 4.69) is 53.9 Å². The maximum atomic E-state index is 9.80. The van der Waals surface area contributed by atoms with Crippen molar-refractivity contribution in [3.63, 3.8) is 0 Å². The lowest BCUT2D eigenvalue weighted by molar-refractivity contribution is 0.132. The summed E-state index contributed by atoms with van der Waals surface area (Å²) in [5, 5.41) is 25.2. The highest BCUT2D eigenvalue weighted by molar-refractivity contribution is 5.82. The number of rotatable bonds is 14. The standard InChI is InChI=1S/C27H37NO3/c29-20-24-8-7-14-27(19-24,22-30)21-28-15-5-1-2-6-16-31-17-13-23-11-12-25-9-3-4-10-26(25)18-23/h3-4,7-12,14,18,28-30H,1-2,5-6,13,15-17,19-22H2. The van der Waals surface area contributed by atoms with E-state index in [-0.39, 0.29) is 18.6 Å². The van der Waals surface area contributed by atoms with Crippen LogP contribution in [-0.2, 0) is 11.2 Å². The fourth-order valence-corrected chi connectivity index (χ4v) is 4.18. The molecule has 4 heteroatoms. The zero-order valence-electron chi connectivity index (χ0n) is 18.6. The first kappa shape index (κ1) is 23.7. The van der Waals surface area contributed by atoms with E-state index in [1.54, 1.807) is 0 Å². The molecular weight excluding hydrogens is 386 g/mol. The normalized spacial score (nSPS) is 18.5. The predicted molar refractivity (Wildman–Crippen MR) is 128 cm³/mol. The average molecular weight is 424 g/mol. The number of unbranched alkanes of at least 4 members (excludes halogenated alkanes) is 3. The Morgan fingerprint density at radius 3 is 2.61 bits per heavy atom. The van der Waals surface area contributed by atoms with Crippen LogP contribution in [0.2, 0.25) is 0 Å². The van der Waals surface area contributed by atoms with E-state index >= 15 is 0 Å². The molecule has 2 aromatic rings. The molecule has 0 bridgehead atoms. The number of ether oxygens (including phenoxy) is 1. The van der Waals surface area contributed by atoms with Gasteiger partial charge in [0.05, 0.1) is 19.8 Å². The van der Waals surface area contributed by atoms with Gasteiger partial charge in [0.2, 0.25) is 0 Å². The van der Waals surface area contributed by atoms with Gasteiger partial charge in [-0.2, -0.15) is 0 Å². The van der Waals surface area contributed by atoms with Crippen LogP contribution >= 0.6 is 0 Å². The molecule has 0 aromatic heterocycles. The van der Waals surface area contributed by atoms with Crippen LogP contribution in [0.15, 0.2) is 66.3 Å². The zero-order chi connectivity index (χ0) is 21.8. The minimum absolute atomic E-state index is 0.0659. The van der Waals surface area contributed by atoms with Crippen LogP contribution in [0.3, 0.4) is 0 Å². The lowest BCUT2D eigenvalue weighted by Crippen LogP contribution is -2.37. The van der Waals surface area contributed by atoms with Crippen molar-refractivity contribution in [2.45, 2.75) is 38.5 Å². The number of allylic oxidation sites excluding steroid dienone is 2. The number of fused-ring (bicyclic) bond motifs is 1. The van der Waals surface area contributed by atoms with Crippen molar-refractivity contribution < 1.29 is 14.9 Å². The first-order valence-electron chi connectivity index (χ1n) is 11.6. The Labute approximate surface area is 186 Å². The topological polar surface area (TPSA) is 61.7 Å². The summed E-state index contributed by atoms with van der Waals surface area (Å²) in [6.45, 7) is 3.48. The van der Waals surface area contributed by atoms with Gasteiger partial charge in [0.1, 0.15) is 0 Å². The lowest BCUT2D eigenvalue weighted by atomic mass is 9.79. The zero-order valence-corrected chi connectivity index (χ0v) is 18.6. The minimum atomic E-state index is -0.272. The molecule has 1 aliphatic rings. The van der Waals surface area contributed by atoms with Crippen LogP contribution < -0.4 is 5.32 Å². The summed E-state index contributed by atoms with van der Waals surface area (Å²) in [7, 11) is 0. The van der Waals surface area contributed by atoms with Gasteiger partial charge in [0.15, 0.2) is 0 Å². The van der Waals surface area contributed by atoms with Crippen molar-refractivity contribution in [3.05, 3.63) is 71.8 Å². The van der Waals surface area contributed by atoms with E-state index in [1.807, 2.05) is 12.2 Å². The molecule has 0 fully saturated rings. The predicted octanol–water partition coefficient (Wildman–Crippen LogP) is 4.41. The molecule has 0 aliphatic heterocycles. The highest BCUT2D eigenvalue weighted by atomic mass is 16.5. The van der Waals surface area contributed by atoms with E-state index in [1.165, 1.54) is 29.2 Å². The molecule has 168 valence electrons. The van der Waals surface area contributed by atoms with Crippen LogP contribution in [0.1, 0.15) is 37.7 Å². The Balaban J connectivity index is 1.19. The van der Waals surface area contributed by atoms with E-state index in [0.717, 1.165) is 57.6 Å². The monoisotopic (exact) mass is 423 g/mol. The van der Waals surface area contributed by atoms with Gasteiger partial charge < -0.3 is 20.3 Å². The molecule has 0 saturated carbocycles. The number of aliphatic hydroxyl groups is 2. The Kier molecular flexibility index (Phi) is 9.76. The maximum Gasteiger partial charge on any atom is 0.0645 e. The van der Waals surface area contributed by atoms with Gasteiger partial charge in [0.25, 0.3) is 0 Å². The third-order valence-corrected chi connectivity index (χ3v) is 6.10. The summed E-state index contributed by atoms with van der Waals surface area (Å²) >= 11 is 0. The van der Waals surface area contributed by atoms with Crippen molar-refractivity contribution in [3.8, 4) is 0 Å². The van der Waals surface area contributed by atoms with Gasteiger partial charge in [-0.25, -0.2) is 0 Å². The van der Waals surface area contributed by atoms with Crippen LogP contribution in [-0.4, -0.2) is 49.7 Å². The van der Waals surface area contributed by atoms with Crippen LogP contribution in [0.4, 0.5) is 0 Å². The van der Waals surface area contributed by atoms with Crippen molar-refractivity contribution in [1.82, 2.24) is 5.32 Å². The van der Waals surface area contributed by atoms with E-state index < -0.39 is 0 Å². The van der Waals surface area contributed by atoms with E-state index in [0.29, 0.717) is 0 Å². The second kappa shape index (κ2) is 12.8. The first-order chi connectivity index (χ1) is 15.2. The summed E-state index contributed by atoms with van der Waals surface area (Å²) < 4.78 is 5.83. The highest BCUT2D eigenvalue weighted by Crippen LogP contribution is 2.30. The molecule has 0 heterocycles. The molecular formula is C27H37NO3. The Hall–Kier alpha value is -1.98. The average Bonchev–Trinajstić information content (AvgIpc) is 2.82. The summed E-state index contributed by atoms with van der Waals surface area (Å²) in [6.07, 6.45) is 12.2. The molecule has 1 unspecified atom stereocenters. The van der Waals surface area contributed by atoms with Gasteiger partial charge in [-0.1, -0.05) is 73.5 Å². The maximum absolute atomic E-state index is 9.80. The number of benzene rings is 2. The van der Waals surface area contributed by atoms with Crippen LogP contribution in [0.25, 0.3) is 10.8 Å². The van der Waals surface area contributed by atoms with Crippen molar-refractivity contribution in [2.24, 2.45) is 5.41 Å². The number of aliphatic hydroxyl groups excluding tert-OH is 2. The fourth-order valence-electron chi connectivity index (χ4n) is 4.18. The second-order valence-corrected chi connectivity index (χ2v) is 8.67. The second-order valence-electron chi connectivity index (χ2n) is 8.67. The smallest absolute Gasteiger partial charge is 0.0645 e. The lowest BCUT2D eigenvalue weighted by Gasteiger charge is -2.32. The van der Waals surface area contributed by atoms with Crippen molar-refractivity contribution >= 4 is 10.8 Å². The molecule has 0 spiro atoms. The van der Waals surface area contributed by atoms with Gasteiger partial charge in [-0.15, -0.1) is 0 Å². The van der Waals surface area contributed by atoms with Gasteiger partial charge >= 0.3 is 0 Å². The Morgan fingerprint density at radius 1 is 0.935 bits per heavy atom. The third kappa shape index (κ3) is 7.58. The number of nitrogens with one attached hydrogen (secondary N) is 1. The highest BCUT2D eigenvalue weighted by Gasteiger charge is 2.28. The number of hydrogen-bond acceptors (Lipinski definition) is 4. The number of hydrogen-bond donors (Lipinski definition) is 3. The molecule has 1 aliphatic carbocycles. The molecule has 0 amide bonds. The van der Waals surface area contributed by atoms with Crippen molar-refractivity contribution in [1.29, 1.82) is 0 Å². The Morgan fingerprint density at radius 2 is 1.77 bits per heavy atom. The molecule has 2 aromatic carbocycles. The molecule has 4 nitrogen and oxygen atoms in total. The van der Waals surface area contributed by atoms with E-state index in [9.17, 15) is 10.2 Å². The molecule has 31 heavy (non-hydrogen) atoms. The van der Waals surface area contributed by atoms with Gasteiger partial charge in [-0.3, -0.25) is 0 Å². The van der Waals surface area contributed by atoms with E-state index in [4.69, 9.17) is 4.74 Å². The van der Waals surface area contributed by atoms with Crippen LogP contribution in [0, 0.1) is 5.41 Å². The largest absolute Gasteiger partial charge is 0.395 e. The summed E-state index contributed by atoms with van der Waals surface area (Å²) in [4.78, 5) is 0. The summed E-state index contributed by atoms with van der Waals surface area (Å²) in [5.74, 6) is 0. The molecule has 1 atom stereocenters.